The first-order valence-electron chi connectivity index (χ1n) is 7.81. The van der Waals surface area contributed by atoms with Crippen LogP contribution in [0.3, 0.4) is 0 Å². The lowest BCUT2D eigenvalue weighted by molar-refractivity contribution is -0.152. The Morgan fingerprint density at radius 2 is 1.71 bits per heavy atom. The van der Waals surface area contributed by atoms with E-state index in [1.165, 1.54) is 0 Å². The van der Waals surface area contributed by atoms with E-state index in [-0.39, 0.29) is 23.9 Å². The average molecular weight is 288 g/mol. The fraction of sp³-hybridized carbons (Fsp3) is 0.529. The highest BCUT2D eigenvalue weighted by atomic mass is 16.2. The minimum atomic E-state index is -0.554. The molecule has 1 heterocycles. The molecular weight excluding hydrogens is 264 g/mol. The van der Waals surface area contributed by atoms with Gasteiger partial charge in [-0.3, -0.25) is 9.59 Å². The van der Waals surface area contributed by atoms with E-state index in [0.717, 1.165) is 18.4 Å². The summed E-state index contributed by atoms with van der Waals surface area (Å²) in [6.45, 7) is 6.09. The average Bonchev–Trinajstić information content (AvgIpc) is 2.52. The van der Waals surface area contributed by atoms with Crippen molar-refractivity contribution < 1.29 is 9.59 Å². The molecule has 0 bridgehead atoms. The van der Waals surface area contributed by atoms with Crippen molar-refractivity contribution in [3.63, 3.8) is 0 Å². The van der Waals surface area contributed by atoms with Gasteiger partial charge in [-0.1, -0.05) is 51.1 Å². The van der Waals surface area contributed by atoms with Gasteiger partial charge < -0.3 is 10.2 Å². The Balaban J connectivity index is 2.36. The van der Waals surface area contributed by atoms with E-state index in [2.05, 4.69) is 19.2 Å². The maximum atomic E-state index is 12.9. The first kappa shape index (κ1) is 15.5. The van der Waals surface area contributed by atoms with Gasteiger partial charge in [0.2, 0.25) is 5.91 Å². The third kappa shape index (κ3) is 2.94. The maximum absolute atomic E-state index is 12.9. The monoisotopic (exact) mass is 288 g/mol. The molecule has 1 saturated heterocycles. The lowest BCUT2D eigenvalue weighted by Gasteiger charge is -2.43. The highest BCUT2D eigenvalue weighted by Crippen LogP contribution is 2.27. The third-order valence-electron chi connectivity index (χ3n) is 4.28. The summed E-state index contributed by atoms with van der Waals surface area (Å²) in [6, 6.07) is 8.70. The van der Waals surface area contributed by atoms with Gasteiger partial charge in [-0.05, 0) is 24.8 Å². The summed E-state index contributed by atoms with van der Waals surface area (Å²) in [5, 5.41) is 2.89. The number of hydrogen-bond acceptors (Lipinski definition) is 2. The molecular formula is C17H24N2O2. The van der Waals surface area contributed by atoms with Gasteiger partial charge in [-0.2, -0.15) is 0 Å². The van der Waals surface area contributed by atoms with Gasteiger partial charge in [0.15, 0.2) is 0 Å². The van der Waals surface area contributed by atoms with Crippen LogP contribution in [0.4, 0.5) is 0 Å². The van der Waals surface area contributed by atoms with Gasteiger partial charge in [0.1, 0.15) is 12.1 Å². The third-order valence-corrected chi connectivity index (χ3v) is 4.28. The minimum Gasteiger partial charge on any atom is -0.339 e. The summed E-state index contributed by atoms with van der Waals surface area (Å²) in [5.74, 6) is -0.0285. The Bertz CT molecular complexity index is 497. The van der Waals surface area contributed by atoms with E-state index in [1.54, 1.807) is 0 Å². The number of carbonyl (C=O) groups is 2. The maximum Gasteiger partial charge on any atom is 0.250 e. The quantitative estimate of drug-likeness (QED) is 0.905. The van der Waals surface area contributed by atoms with Crippen LogP contribution in [0.25, 0.3) is 0 Å². The molecule has 2 atom stereocenters. The first-order valence-corrected chi connectivity index (χ1v) is 7.81. The van der Waals surface area contributed by atoms with Gasteiger partial charge in [-0.15, -0.1) is 0 Å². The largest absolute Gasteiger partial charge is 0.339 e. The number of amides is 2. The molecule has 1 aromatic carbocycles. The molecule has 114 valence electrons. The Hall–Kier alpha value is -1.84. The van der Waals surface area contributed by atoms with Crippen LogP contribution in [0.5, 0.6) is 0 Å². The molecule has 4 nitrogen and oxygen atoms in total. The van der Waals surface area contributed by atoms with Crippen molar-refractivity contribution >= 4 is 11.8 Å². The number of nitrogens with zero attached hydrogens (tertiary/aromatic N) is 1. The van der Waals surface area contributed by atoms with Crippen molar-refractivity contribution in [2.45, 2.75) is 58.2 Å². The standard InChI is InChI=1S/C17H24N2O2/c1-4-13(5-2)19-14(6-3)16(20)18-15(17(19)21)12-10-8-7-9-11-12/h7-11,13-15H,4-6H2,1-3H3,(H,18,20). The number of piperazine rings is 1. The van der Waals surface area contributed by atoms with Crippen LogP contribution in [0.2, 0.25) is 0 Å². The van der Waals surface area contributed by atoms with Crippen LogP contribution in [-0.4, -0.2) is 28.8 Å². The van der Waals surface area contributed by atoms with Crippen molar-refractivity contribution in [1.29, 1.82) is 0 Å². The zero-order valence-electron chi connectivity index (χ0n) is 13.0. The Morgan fingerprint density at radius 3 is 2.24 bits per heavy atom. The van der Waals surface area contributed by atoms with Gasteiger partial charge in [0.25, 0.3) is 5.91 Å². The van der Waals surface area contributed by atoms with Crippen LogP contribution in [0, 0.1) is 0 Å². The summed E-state index contributed by atoms with van der Waals surface area (Å²) in [6.07, 6.45) is 2.39. The summed E-state index contributed by atoms with van der Waals surface area (Å²) in [4.78, 5) is 27.1. The fourth-order valence-corrected chi connectivity index (χ4v) is 3.10. The van der Waals surface area contributed by atoms with Gasteiger partial charge in [-0.25, -0.2) is 0 Å². The van der Waals surface area contributed by atoms with Crippen LogP contribution in [0.15, 0.2) is 30.3 Å². The van der Waals surface area contributed by atoms with Crippen molar-refractivity contribution in [2.75, 3.05) is 0 Å². The van der Waals surface area contributed by atoms with E-state index in [4.69, 9.17) is 0 Å². The van der Waals surface area contributed by atoms with E-state index in [1.807, 2.05) is 42.2 Å². The molecule has 1 aromatic rings. The number of hydrogen-bond donors (Lipinski definition) is 1. The van der Waals surface area contributed by atoms with Crippen LogP contribution >= 0.6 is 0 Å². The Kier molecular flexibility index (Phi) is 4.99. The molecule has 2 rings (SSSR count). The van der Waals surface area contributed by atoms with Crippen LogP contribution in [0.1, 0.15) is 51.6 Å². The molecule has 0 spiro atoms. The second-order valence-electron chi connectivity index (χ2n) is 5.49. The second kappa shape index (κ2) is 6.74. The molecule has 2 unspecified atom stereocenters. The Morgan fingerprint density at radius 1 is 1.10 bits per heavy atom. The number of nitrogens with one attached hydrogen (secondary N) is 1. The molecule has 1 aliphatic rings. The lowest BCUT2D eigenvalue weighted by atomic mass is 9.96. The molecule has 0 saturated carbocycles. The van der Waals surface area contributed by atoms with Crippen molar-refractivity contribution in [3.05, 3.63) is 35.9 Å². The fourth-order valence-electron chi connectivity index (χ4n) is 3.10. The molecule has 21 heavy (non-hydrogen) atoms. The van der Waals surface area contributed by atoms with Gasteiger partial charge in [0, 0.05) is 6.04 Å². The first-order chi connectivity index (χ1) is 10.1. The zero-order valence-corrected chi connectivity index (χ0v) is 13.0. The van der Waals surface area contributed by atoms with Crippen LogP contribution < -0.4 is 5.32 Å². The smallest absolute Gasteiger partial charge is 0.250 e. The second-order valence-corrected chi connectivity index (χ2v) is 5.49. The molecule has 4 heteroatoms. The Labute approximate surface area is 126 Å². The topological polar surface area (TPSA) is 49.4 Å². The predicted molar refractivity (Wildman–Crippen MR) is 82.6 cm³/mol. The number of carbonyl (C=O) groups excluding carboxylic acids is 2. The molecule has 1 fully saturated rings. The molecule has 1 N–H and O–H groups in total. The summed E-state index contributed by atoms with van der Waals surface area (Å²) >= 11 is 0. The summed E-state index contributed by atoms with van der Waals surface area (Å²) < 4.78 is 0. The van der Waals surface area contributed by atoms with Crippen molar-refractivity contribution in [1.82, 2.24) is 10.2 Å². The molecule has 0 radical (unpaired) electrons. The van der Waals surface area contributed by atoms with Crippen molar-refractivity contribution in [2.24, 2.45) is 0 Å². The van der Waals surface area contributed by atoms with E-state index >= 15 is 0 Å². The molecule has 1 aliphatic heterocycles. The molecule has 2 amide bonds. The van der Waals surface area contributed by atoms with Crippen LogP contribution in [-0.2, 0) is 9.59 Å². The zero-order chi connectivity index (χ0) is 15.4. The normalized spacial score (nSPS) is 22.6. The SMILES string of the molecule is CCC(CC)N1C(=O)C(c2ccccc2)NC(=O)C1CC. The summed E-state index contributed by atoms with van der Waals surface area (Å²) in [5.41, 5.74) is 0.848. The molecule has 0 aromatic heterocycles. The van der Waals surface area contributed by atoms with Crippen molar-refractivity contribution in [3.8, 4) is 0 Å². The minimum absolute atomic E-state index is 0.0151. The van der Waals surface area contributed by atoms with E-state index < -0.39 is 6.04 Å². The lowest BCUT2D eigenvalue weighted by Crippen LogP contribution is -2.62. The van der Waals surface area contributed by atoms with E-state index in [9.17, 15) is 9.59 Å². The highest BCUT2D eigenvalue weighted by Gasteiger charge is 2.42. The summed E-state index contributed by atoms with van der Waals surface area (Å²) in [7, 11) is 0. The predicted octanol–water partition coefficient (Wildman–Crippen LogP) is 2.65. The number of benzene rings is 1. The highest BCUT2D eigenvalue weighted by molar-refractivity contribution is 5.97. The molecule has 0 aliphatic carbocycles. The van der Waals surface area contributed by atoms with E-state index in [0.29, 0.717) is 6.42 Å². The number of rotatable bonds is 5. The van der Waals surface area contributed by atoms with Gasteiger partial charge in [0.05, 0.1) is 0 Å². The van der Waals surface area contributed by atoms with Gasteiger partial charge >= 0.3 is 0 Å².